The van der Waals surface area contributed by atoms with Crippen molar-refractivity contribution in [1.29, 1.82) is 0 Å². The molecule has 0 spiro atoms. The fourth-order valence-electron chi connectivity index (χ4n) is 1.47. The van der Waals surface area contributed by atoms with E-state index in [1.54, 1.807) is 0 Å². The van der Waals surface area contributed by atoms with E-state index in [4.69, 9.17) is 10.5 Å². The van der Waals surface area contributed by atoms with Gasteiger partial charge in [-0.25, -0.2) is 0 Å². The third kappa shape index (κ3) is 7.27. The Morgan fingerprint density at radius 1 is 0.895 bits per heavy atom. The molecule has 2 N–H and O–H groups in total. The van der Waals surface area contributed by atoms with Crippen LogP contribution >= 0.6 is 0 Å². The van der Waals surface area contributed by atoms with E-state index in [1.165, 1.54) is 12.0 Å². The number of ether oxygens (including phenoxy) is 1. The van der Waals surface area contributed by atoms with E-state index in [0.29, 0.717) is 6.54 Å². The van der Waals surface area contributed by atoms with Gasteiger partial charge >= 0.3 is 0 Å². The van der Waals surface area contributed by atoms with Crippen LogP contribution in [0.4, 0.5) is 0 Å². The van der Waals surface area contributed by atoms with Crippen molar-refractivity contribution in [3.8, 4) is 5.75 Å². The molecule has 2 aromatic carbocycles. The Balaban J connectivity index is 0.000000200. The number of hydrogen-bond acceptors (Lipinski definition) is 2. The molecule has 0 saturated heterocycles. The molecule has 2 heteroatoms. The highest BCUT2D eigenvalue weighted by Crippen LogP contribution is 2.08. The summed E-state index contributed by atoms with van der Waals surface area (Å²) in [5.41, 5.74) is 6.54. The van der Waals surface area contributed by atoms with Crippen molar-refractivity contribution in [3.63, 3.8) is 0 Å². The first-order valence-electron chi connectivity index (χ1n) is 6.78. The van der Waals surface area contributed by atoms with Gasteiger partial charge in [-0.05, 0) is 24.1 Å². The van der Waals surface area contributed by atoms with Crippen LogP contribution in [-0.2, 0) is 6.54 Å². The van der Waals surface area contributed by atoms with E-state index in [0.717, 1.165) is 18.8 Å². The molecule has 0 saturated carbocycles. The SMILES string of the molecule is CCCCOc1ccccc1.NCc1ccccc1. The Morgan fingerprint density at radius 2 is 1.47 bits per heavy atom. The van der Waals surface area contributed by atoms with E-state index >= 15 is 0 Å². The molecular weight excluding hydrogens is 234 g/mol. The zero-order chi connectivity index (χ0) is 13.8. The quantitative estimate of drug-likeness (QED) is 0.821. The summed E-state index contributed by atoms with van der Waals surface area (Å²) in [6.07, 6.45) is 2.32. The molecule has 0 fully saturated rings. The number of unbranched alkanes of at least 4 members (excludes halogenated alkanes) is 1. The average Bonchev–Trinajstić information content (AvgIpc) is 2.50. The van der Waals surface area contributed by atoms with Crippen molar-refractivity contribution in [3.05, 3.63) is 66.2 Å². The minimum Gasteiger partial charge on any atom is -0.494 e. The van der Waals surface area contributed by atoms with E-state index in [-0.39, 0.29) is 0 Å². The third-order valence-corrected chi connectivity index (χ3v) is 2.59. The first-order valence-corrected chi connectivity index (χ1v) is 6.78. The lowest BCUT2D eigenvalue weighted by Gasteiger charge is -2.03. The summed E-state index contributed by atoms with van der Waals surface area (Å²) in [5.74, 6) is 0.973. The molecule has 2 rings (SSSR count). The molecule has 2 nitrogen and oxygen atoms in total. The van der Waals surface area contributed by atoms with Crippen LogP contribution in [0, 0.1) is 0 Å². The van der Waals surface area contributed by atoms with E-state index in [1.807, 2.05) is 60.7 Å². The van der Waals surface area contributed by atoms with Crippen molar-refractivity contribution >= 4 is 0 Å². The fraction of sp³-hybridized carbons (Fsp3) is 0.294. The average molecular weight is 257 g/mol. The lowest BCUT2D eigenvalue weighted by Crippen LogP contribution is -1.95. The van der Waals surface area contributed by atoms with Gasteiger partial charge in [-0.1, -0.05) is 61.9 Å². The lowest BCUT2D eigenvalue weighted by atomic mass is 10.2. The number of nitrogens with two attached hydrogens (primary N) is 1. The molecule has 0 amide bonds. The Kier molecular flexibility index (Phi) is 8.15. The second-order valence-electron chi connectivity index (χ2n) is 4.20. The normalized spacial score (nSPS) is 9.37. The van der Waals surface area contributed by atoms with Crippen LogP contribution in [0.15, 0.2) is 60.7 Å². The highest BCUT2D eigenvalue weighted by molar-refractivity contribution is 5.20. The summed E-state index contributed by atoms with van der Waals surface area (Å²) in [7, 11) is 0. The number of benzene rings is 2. The van der Waals surface area contributed by atoms with Gasteiger partial charge in [-0.15, -0.1) is 0 Å². The summed E-state index contributed by atoms with van der Waals surface area (Å²) < 4.78 is 5.45. The molecule has 0 bridgehead atoms. The van der Waals surface area contributed by atoms with Crippen molar-refractivity contribution in [2.24, 2.45) is 5.73 Å². The van der Waals surface area contributed by atoms with Gasteiger partial charge in [0.25, 0.3) is 0 Å². The molecule has 0 aliphatic carbocycles. The van der Waals surface area contributed by atoms with E-state index in [9.17, 15) is 0 Å². The van der Waals surface area contributed by atoms with Gasteiger partial charge in [-0.3, -0.25) is 0 Å². The van der Waals surface area contributed by atoms with Gasteiger partial charge in [-0.2, -0.15) is 0 Å². The zero-order valence-electron chi connectivity index (χ0n) is 11.6. The van der Waals surface area contributed by atoms with Crippen LogP contribution in [0.25, 0.3) is 0 Å². The fourth-order valence-corrected chi connectivity index (χ4v) is 1.47. The van der Waals surface area contributed by atoms with Gasteiger partial charge in [0.05, 0.1) is 6.61 Å². The van der Waals surface area contributed by atoms with Crippen molar-refractivity contribution in [2.45, 2.75) is 26.3 Å². The topological polar surface area (TPSA) is 35.2 Å². The lowest BCUT2D eigenvalue weighted by molar-refractivity contribution is 0.309. The highest BCUT2D eigenvalue weighted by Gasteiger charge is 1.88. The zero-order valence-corrected chi connectivity index (χ0v) is 11.6. The predicted molar refractivity (Wildman–Crippen MR) is 81.2 cm³/mol. The monoisotopic (exact) mass is 257 g/mol. The molecule has 2 aromatic rings. The standard InChI is InChI=1S/C10H14O.C7H9N/c1-2-3-9-11-10-7-5-4-6-8-10;8-6-7-4-2-1-3-5-7/h4-8H,2-3,9H2,1H3;1-5H,6,8H2. The minimum absolute atomic E-state index is 0.640. The van der Waals surface area contributed by atoms with Crippen molar-refractivity contribution in [1.82, 2.24) is 0 Å². The largest absolute Gasteiger partial charge is 0.494 e. The third-order valence-electron chi connectivity index (χ3n) is 2.59. The van der Waals surface area contributed by atoms with Crippen molar-refractivity contribution in [2.75, 3.05) is 6.61 Å². The first kappa shape index (κ1) is 15.3. The Hall–Kier alpha value is -1.80. The Labute approximate surface area is 116 Å². The van der Waals surface area contributed by atoms with Crippen LogP contribution in [0.5, 0.6) is 5.75 Å². The molecule has 0 unspecified atom stereocenters. The summed E-state index contributed by atoms with van der Waals surface area (Å²) in [6.45, 7) is 3.63. The molecule has 0 atom stereocenters. The molecular formula is C17H23NO. The van der Waals surface area contributed by atoms with Crippen LogP contribution in [0.2, 0.25) is 0 Å². The molecule has 0 aliphatic rings. The van der Waals surface area contributed by atoms with Crippen LogP contribution in [-0.4, -0.2) is 6.61 Å². The number of hydrogen-bond donors (Lipinski definition) is 1. The van der Waals surface area contributed by atoms with Gasteiger partial charge in [0.1, 0.15) is 5.75 Å². The minimum atomic E-state index is 0.640. The number of rotatable bonds is 5. The molecule has 0 aliphatic heterocycles. The molecule has 0 radical (unpaired) electrons. The maximum atomic E-state index is 5.45. The molecule has 0 heterocycles. The Bertz CT molecular complexity index is 414. The van der Waals surface area contributed by atoms with E-state index in [2.05, 4.69) is 6.92 Å². The number of para-hydroxylation sites is 1. The summed E-state index contributed by atoms with van der Waals surface area (Å²) >= 11 is 0. The Morgan fingerprint density at radius 3 is 1.95 bits per heavy atom. The van der Waals surface area contributed by atoms with Crippen LogP contribution in [0.3, 0.4) is 0 Å². The first-order chi connectivity index (χ1) is 9.36. The second-order valence-corrected chi connectivity index (χ2v) is 4.20. The predicted octanol–water partition coefficient (Wildman–Crippen LogP) is 4.01. The van der Waals surface area contributed by atoms with Crippen LogP contribution < -0.4 is 10.5 Å². The highest BCUT2D eigenvalue weighted by atomic mass is 16.5. The molecule has 102 valence electrons. The van der Waals surface area contributed by atoms with Gasteiger partial charge in [0.2, 0.25) is 0 Å². The van der Waals surface area contributed by atoms with Crippen LogP contribution in [0.1, 0.15) is 25.3 Å². The maximum Gasteiger partial charge on any atom is 0.119 e. The maximum absolute atomic E-state index is 5.45. The van der Waals surface area contributed by atoms with Gasteiger partial charge < -0.3 is 10.5 Å². The second kappa shape index (κ2) is 10.2. The molecule has 0 aromatic heterocycles. The van der Waals surface area contributed by atoms with Crippen molar-refractivity contribution < 1.29 is 4.74 Å². The summed E-state index contributed by atoms with van der Waals surface area (Å²) in [4.78, 5) is 0. The summed E-state index contributed by atoms with van der Waals surface area (Å²) in [5, 5.41) is 0. The summed E-state index contributed by atoms with van der Waals surface area (Å²) in [6, 6.07) is 19.9. The molecule has 19 heavy (non-hydrogen) atoms. The smallest absolute Gasteiger partial charge is 0.119 e. The van der Waals surface area contributed by atoms with Gasteiger partial charge in [0, 0.05) is 6.54 Å². The van der Waals surface area contributed by atoms with E-state index < -0.39 is 0 Å². The van der Waals surface area contributed by atoms with Gasteiger partial charge in [0.15, 0.2) is 0 Å².